The lowest BCUT2D eigenvalue weighted by molar-refractivity contribution is 0.834. The van der Waals surface area contributed by atoms with E-state index in [2.05, 4.69) is 14.9 Å². The first kappa shape index (κ1) is 13.0. The molecule has 0 saturated heterocycles. The van der Waals surface area contributed by atoms with Gasteiger partial charge in [-0.15, -0.1) is 11.3 Å². The van der Waals surface area contributed by atoms with E-state index < -0.39 is 0 Å². The molecule has 0 aliphatic rings. The van der Waals surface area contributed by atoms with E-state index in [4.69, 9.17) is 5.73 Å². The average Bonchev–Trinajstić information content (AvgIpc) is 2.78. The molecule has 1 atom stereocenters. The van der Waals surface area contributed by atoms with E-state index in [1.807, 2.05) is 45.3 Å². The molecule has 2 aromatic rings. The molecule has 0 aliphatic heterocycles. The highest BCUT2D eigenvalue weighted by atomic mass is 32.1. The van der Waals surface area contributed by atoms with E-state index in [1.165, 1.54) is 0 Å². The van der Waals surface area contributed by atoms with Crippen LogP contribution in [0.25, 0.3) is 0 Å². The van der Waals surface area contributed by atoms with E-state index in [9.17, 15) is 0 Å². The average molecular weight is 262 g/mol. The number of hydrogen-bond donors (Lipinski definition) is 1. The second-order valence-electron chi connectivity index (χ2n) is 4.46. The van der Waals surface area contributed by atoms with Crippen molar-refractivity contribution in [1.82, 2.24) is 9.97 Å². The SMILES string of the molecule is Cc1cccc(CN(C)c2ncc(C(C)N)s2)n1. The summed E-state index contributed by atoms with van der Waals surface area (Å²) in [5.41, 5.74) is 7.93. The molecule has 0 saturated carbocycles. The minimum atomic E-state index is 0.0433. The number of aryl methyl sites for hydroxylation is 1. The summed E-state index contributed by atoms with van der Waals surface area (Å²) < 4.78 is 0. The Morgan fingerprint density at radius 1 is 1.44 bits per heavy atom. The van der Waals surface area contributed by atoms with Crippen molar-refractivity contribution in [2.75, 3.05) is 11.9 Å². The molecule has 0 amide bonds. The van der Waals surface area contributed by atoms with Crippen LogP contribution >= 0.6 is 11.3 Å². The maximum atomic E-state index is 5.84. The van der Waals surface area contributed by atoms with Crippen LogP contribution in [0.1, 0.15) is 29.2 Å². The zero-order valence-electron chi connectivity index (χ0n) is 10.9. The lowest BCUT2D eigenvalue weighted by atomic mass is 10.3. The van der Waals surface area contributed by atoms with Crippen LogP contribution in [0.3, 0.4) is 0 Å². The molecule has 2 aromatic heterocycles. The second-order valence-corrected chi connectivity index (χ2v) is 5.50. The Morgan fingerprint density at radius 2 is 2.22 bits per heavy atom. The molecule has 1 unspecified atom stereocenters. The van der Waals surface area contributed by atoms with E-state index in [0.717, 1.165) is 27.9 Å². The minimum absolute atomic E-state index is 0.0433. The summed E-state index contributed by atoms with van der Waals surface area (Å²) in [6.45, 7) is 4.73. The number of rotatable bonds is 4. The molecule has 0 bridgehead atoms. The molecule has 4 nitrogen and oxygen atoms in total. The molecular formula is C13H18N4S. The fourth-order valence-corrected chi connectivity index (χ4v) is 2.49. The Hall–Kier alpha value is -1.46. The van der Waals surface area contributed by atoms with Crippen molar-refractivity contribution < 1.29 is 0 Å². The molecule has 0 aliphatic carbocycles. The van der Waals surface area contributed by atoms with Gasteiger partial charge in [0.1, 0.15) is 0 Å². The van der Waals surface area contributed by atoms with Gasteiger partial charge in [-0.1, -0.05) is 6.07 Å². The number of hydrogen-bond acceptors (Lipinski definition) is 5. The molecule has 5 heteroatoms. The normalized spacial score (nSPS) is 12.4. The van der Waals surface area contributed by atoms with Gasteiger partial charge in [-0.2, -0.15) is 0 Å². The van der Waals surface area contributed by atoms with Gasteiger partial charge in [0.25, 0.3) is 0 Å². The van der Waals surface area contributed by atoms with Gasteiger partial charge in [-0.25, -0.2) is 4.98 Å². The summed E-state index contributed by atoms with van der Waals surface area (Å²) >= 11 is 1.63. The maximum absolute atomic E-state index is 5.84. The second kappa shape index (κ2) is 5.46. The zero-order valence-corrected chi connectivity index (χ0v) is 11.7. The summed E-state index contributed by atoms with van der Waals surface area (Å²) in [5.74, 6) is 0. The van der Waals surface area contributed by atoms with Gasteiger partial charge >= 0.3 is 0 Å². The van der Waals surface area contributed by atoms with Crippen LogP contribution in [0, 0.1) is 6.92 Å². The fourth-order valence-electron chi connectivity index (χ4n) is 1.66. The smallest absolute Gasteiger partial charge is 0.185 e. The van der Waals surface area contributed by atoms with Crippen LogP contribution in [0.2, 0.25) is 0 Å². The molecule has 18 heavy (non-hydrogen) atoms. The van der Waals surface area contributed by atoms with E-state index in [-0.39, 0.29) is 6.04 Å². The van der Waals surface area contributed by atoms with Crippen LogP contribution in [0.4, 0.5) is 5.13 Å². The molecule has 0 radical (unpaired) electrons. The van der Waals surface area contributed by atoms with Crippen LogP contribution in [0.5, 0.6) is 0 Å². The molecule has 0 fully saturated rings. The van der Waals surface area contributed by atoms with Gasteiger partial charge < -0.3 is 10.6 Å². The highest BCUT2D eigenvalue weighted by molar-refractivity contribution is 7.15. The summed E-state index contributed by atoms with van der Waals surface area (Å²) in [5, 5.41) is 0.977. The Morgan fingerprint density at radius 3 is 2.83 bits per heavy atom. The van der Waals surface area contributed by atoms with Crippen molar-refractivity contribution in [2.24, 2.45) is 5.73 Å². The summed E-state index contributed by atoms with van der Waals surface area (Å²) in [6, 6.07) is 6.10. The number of pyridine rings is 1. The fraction of sp³-hybridized carbons (Fsp3) is 0.385. The molecule has 2 N–H and O–H groups in total. The molecule has 2 rings (SSSR count). The standard InChI is InChI=1S/C13H18N4S/c1-9-5-4-6-11(16-9)8-17(3)13-15-7-12(18-13)10(2)14/h4-7,10H,8,14H2,1-3H3. The summed E-state index contributed by atoms with van der Waals surface area (Å²) in [6.07, 6.45) is 1.85. The quantitative estimate of drug-likeness (QED) is 0.920. The van der Waals surface area contributed by atoms with Crippen molar-refractivity contribution in [2.45, 2.75) is 26.4 Å². The predicted octanol–water partition coefficient (Wildman–Crippen LogP) is 2.50. The molecule has 2 heterocycles. The van der Waals surface area contributed by atoms with Crippen LogP contribution in [-0.2, 0) is 6.54 Å². The molecule has 0 spiro atoms. The molecular weight excluding hydrogens is 244 g/mol. The number of aromatic nitrogens is 2. The van der Waals surface area contributed by atoms with Crippen LogP contribution in [-0.4, -0.2) is 17.0 Å². The van der Waals surface area contributed by atoms with Crippen molar-refractivity contribution in [1.29, 1.82) is 0 Å². The zero-order chi connectivity index (χ0) is 13.1. The van der Waals surface area contributed by atoms with Gasteiger partial charge in [-0.05, 0) is 26.0 Å². The predicted molar refractivity (Wildman–Crippen MR) is 75.8 cm³/mol. The van der Waals surface area contributed by atoms with Crippen molar-refractivity contribution in [3.8, 4) is 0 Å². The largest absolute Gasteiger partial charge is 0.345 e. The first-order chi connectivity index (χ1) is 8.56. The monoisotopic (exact) mass is 262 g/mol. The molecule has 0 aromatic carbocycles. The van der Waals surface area contributed by atoms with Crippen LogP contribution < -0.4 is 10.6 Å². The Labute approximate surface area is 111 Å². The Bertz CT molecular complexity index is 521. The summed E-state index contributed by atoms with van der Waals surface area (Å²) in [7, 11) is 2.02. The van der Waals surface area contributed by atoms with Gasteiger partial charge in [0.05, 0.1) is 12.2 Å². The molecule has 96 valence electrons. The lowest BCUT2D eigenvalue weighted by Gasteiger charge is -2.15. The first-order valence-corrected chi connectivity index (χ1v) is 6.73. The van der Waals surface area contributed by atoms with Crippen molar-refractivity contribution in [3.63, 3.8) is 0 Å². The third-order valence-electron chi connectivity index (χ3n) is 2.63. The lowest BCUT2D eigenvalue weighted by Crippen LogP contribution is -2.17. The van der Waals surface area contributed by atoms with Crippen molar-refractivity contribution >= 4 is 16.5 Å². The third kappa shape index (κ3) is 3.05. The van der Waals surface area contributed by atoms with E-state index >= 15 is 0 Å². The highest BCUT2D eigenvalue weighted by Crippen LogP contribution is 2.25. The van der Waals surface area contributed by atoms with E-state index in [1.54, 1.807) is 11.3 Å². The Balaban J connectivity index is 2.09. The van der Waals surface area contributed by atoms with Gasteiger partial charge in [-0.3, -0.25) is 4.98 Å². The Kier molecular flexibility index (Phi) is 3.93. The van der Waals surface area contributed by atoms with Crippen LogP contribution in [0.15, 0.2) is 24.4 Å². The maximum Gasteiger partial charge on any atom is 0.185 e. The first-order valence-electron chi connectivity index (χ1n) is 5.91. The topological polar surface area (TPSA) is 55.0 Å². The number of nitrogens with two attached hydrogens (primary N) is 1. The minimum Gasteiger partial charge on any atom is -0.345 e. The number of nitrogens with zero attached hydrogens (tertiary/aromatic N) is 3. The van der Waals surface area contributed by atoms with Gasteiger partial charge in [0.15, 0.2) is 5.13 Å². The van der Waals surface area contributed by atoms with Gasteiger partial charge in [0, 0.05) is 29.9 Å². The third-order valence-corrected chi connectivity index (χ3v) is 3.94. The summed E-state index contributed by atoms with van der Waals surface area (Å²) in [4.78, 5) is 12.1. The van der Waals surface area contributed by atoms with Crippen molar-refractivity contribution in [3.05, 3.63) is 40.7 Å². The van der Waals surface area contributed by atoms with Gasteiger partial charge in [0.2, 0.25) is 0 Å². The number of thiazole rings is 1. The number of anilines is 1. The highest BCUT2D eigenvalue weighted by Gasteiger charge is 2.10. The van der Waals surface area contributed by atoms with E-state index in [0.29, 0.717) is 0 Å².